The summed E-state index contributed by atoms with van der Waals surface area (Å²) < 4.78 is 4.91. The van der Waals surface area contributed by atoms with Crippen LogP contribution in [0.1, 0.15) is 80.9 Å². The summed E-state index contributed by atoms with van der Waals surface area (Å²) in [4.78, 5) is 29.4. The van der Waals surface area contributed by atoms with Gasteiger partial charge in [-0.25, -0.2) is 0 Å². The minimum Gasteiger partial charge on any atom is -0.469 e. The van der Waals surface area contributed by atoms with Crippen LogP contribution in [0.15, 0.2) is 55.8 Å². The zero-order valence-corrected chi connectivity index (χ0v) is 22.8. The Labute approximate surface area is 219 Å². The first-order valence-corrected chi connectivity index (χ1v) is 13.3. The molecular formula is C31H36N4O2. The Morgan fingerprint density at radius 3 is 2.32 bits per heavy atom. The van der Waals surface area contributed by atoms with Gasteiger partial charge < -0.3 is 14.7 Å². The number of methoxy groups -OCH3 is 1. The van der Waals surface area contributed by atoms with Crippen molar-refractivity contribution in [3.63, 3.8) is 0 Å². The van der Waals surface area contributed by atoms with Crippen molar-refractivity contribution in [2.75, 3.05) is 7.11 Å². The zero-order chi connectivity index (χ0) is 26.3. The first-order valence-electron chi connectivity index (χ1n) is 13.3. The molecule has 6 nitrogen and oxygen atoms in total. The van der Waals surface area contributed by atoms with Gasteiger partial charge in [0.25, 0.3) is 0 Å². The molecule has 6 heteroatoms. The molecule has 2 N–H and O–H groups in total. The van der Waals surface area contributed by atoms with Gasteiger partial charge in [-0.15, -0.1) is 0 Å². The van der Waals surface area contributed by atoms with Crippen molar-refractivity contribution in [2.45, 2.75) is 73.1 Å². The van der Waals surface area contributed by atoms with Crippen LogP contribution in [0.25, 0.3) is 12.2 Å². The fourth-order valence-corrected chi connectivity index (χ4v) is 5.81. The minimum atomic E-state index is -0.201. The molecule has 0 aliphatic carbocycles. The number of aromatic amines is 2. The summed E-state index contributed by atoms with van der Waals surface area (Å²) in [6.07, 6.45) is 8.67. The van der Waals surface area contributed by atoms with Crippen molar-refractivity contribution in [1.82, 2.24) is 9.97 Å². The number of H-pyrrole nitrogens is 2. The first kappa shape index (κ1) is 25.0. The van der Waals surface area contributed by atoms with Crippen LogP contribution in [0.3, 0.4) is 0 Å². The molecule has 2 aromatic heterocycles. The molecule has 5 heterocycles. The molecule has 3 aliphatic rings. The Bertz CT molecular complexity index is 1470. The Balaban J connectivity index is 1.66. The maximum absolute atomic E-state index is 11.9. The van der Waals surface area contributed by atoms with Crippen molar-refractivity contribution < 1.29 is 9.53 Å². The third-order valence-corrected chi connectivity index (χ3v) is 7.95. The lowest BCUT2D eigenvalue weighted by Gasteiger charge is -2.07. The van der Waals surface area contributed by atoms with Crippen LogP contribution in [0.2, 0.25) is 0 Å². The maximum Gasteiger partial charge on any atom is 0.305 e. The average molecular weight is 497 g/mol. The quantitative estimate of drug-likeness (QED) is 0.457. The molecule has 0 spiro atoms. The second-order valence-corrected chi connectivity index (χ2v) is 10.1. The van der Waals surface area contributed by atoms with E-state index in [1.807, 2.05) is 0 Å². The molecule has 8 bridgehead atoms. The number of nitrogens with zero attached hydrogens (tertiary/aromatic N) is 2. The average Bonchev–Trinajstić information content (AvgIpc) is 3.60. The lowest BCUT2D eigenvalue weighted by atomic mass is 9.97. The fraction of sp³-hybridized carbons (Fsp3) is 0.387. The monoisotopic (exact) mass is 496 g/mol. The van der Waals surface area contributed by atoms with Crippen molar-refractivity contribution in [3.8, 4) is 0 Å². The highest BCUT2D eigenvalue weighted by Gasteiger charge is 2.25. The van der Waals surface area contributed by atoms with Gasteiger partial charge in [0.05, 0.1) is 29.9 Å². The van der Waals surface area contributed by atoms with Gasteiger partial charge in [0.1, 0.15) is 0 Å². The number of hydrogen-bond acceptors (Lipinski definition) is 4. The molecule has 0 atom stereocenters. The number of allylic oxidation sites excluding steroid dienone is 4. The molecule has 0 unspecified atom stereocenters. The number of hydrogen-bond donors (Lipinski definition) is 2. The van der Waals surface area contributed by atoms with Crippen molar-refractivity contribution >= 4 is 29.5 Å². The van der Waals surface area contributed by atoms with Crippen LogP contribution < -0.4 is 0 Å². The van der Waals surface area contributed by atoms with E-state index in [9.17, 15) is 4.79 Å². The molecule has 0 saturated heterocycles. The van der Waals surface area contributed by atoms with Crippen LogP contribution in [-0.4, -0.2) is 34.5 Å². The molecule has 2 aromatic rings. The largest absolute Gasteiger partial charge is 0.469 e. The second kappa shape index (κ2) is 10.0. The van der Waals surface area contributed by atoms with Gasteiger partial charge in [0.15, 0.2) is 0 Å². The number of carbonyl (C=O) groups excluding carboxylic acids is 1. The Hall–Kier alpha value is -3.67. The number of ether oxygens (including phenoxy) is 1. The van der Waals surface area contributed by atoms with Gasteiger partial charge in [-0.3, -0.25) is 14.8 Å². The zero-order valence-electron chi connectivity index (χ0n) is 22.8. The van der Waals surface area contributed by atoms with E-state index in [0.717, 1.165) is 70.3 Å². The molecule has 37 heavy (non-hydrogen) atoms. The van der Waals surface area contributed by atoms with E-state index in [-0.39, 0.29) is 5.97 Å². The lowest BCUT2D eigenvalue weighted by Crippen LogP contribution is -2.08. The summed E-state index contributed by atoms with van der Waals surface area (Å²) >= 11 is 0. The van der Waals surface area contributed by atoms with Crippen LogP contribution in [0, 0.1) is 6.92 Å². The number of aliphatic imine (C=N–C) groups is 2. The van der Waals surface area contributed by atoms with Crippen molar-refractivity contribution in [1.29, 1.82) is 0 Å². The molecule has 3 aliphatic heterocycles. The Morgan fingerprint density at radius 2 is 1.62 bits per heavy atom. The van der Waals surface area contributed by atoms with E-state index < -0.39 is 0 Å². The minimum absolute atomic E-state index is 0.201. The SMILES string of the molecule is CCC1=C(C)/C2=C/c3ccc([nH]3)CC3=N/C(=C\c4[nH]c(c(CC)c4C)CC1=N2)C(C)=C3CCC(=O)OC. The molecule has 0 aromatic carbocycles. The lowest BCUT2D eigenvalue weighted by molar-refractivity contribution is -0.140. The van der Waals surface area contributed by atoms with E-state index in [0.29, 0.717) is 19.3 Å². The van der Waals surface area contributed by atoms with Gasteiger partial charge in [0, 0.05) is 42.0 Å². The molecule has 0 saturated carbocycles. The van der Waals surface area contributed by atoms with Crippen molar-refractivity contribution in [2.24, 2.45) is 9.98 Å². The Morgan fingerprint density at radius 1 is 0.919 bits per heavy atom. The predicted octanol–water partition coefficient (Wildman–Crippen LogP) is 6.60. The first-order chi connectivity index (χ1) is 17.8. The molecule has 192 valence electrons. The molecule has 0 radical (unpaired) electrons. The highest BCUT2D eigenvalue weighted by molar-refractivity contribution is 6.07. The number of rotatable bonds is 5. The molecule has 5 rings (SSSR count). The van der Waals surface area contributed by atoms with Crippen LogP contribution in [0.4, 0.5) is 0 Å². The summed E-state index contributed by atoms with van der Waals surface area (Å²) in [6.45, 7) is 10.9. The summed E-state index contributed by atoms with van der Waals surface area (Å²) in [5, 5.41) is 0. The molecule has 0 amide bonds. The number of nitrogens with one attached hydrogen (secondary N) is 2. The highest BCUT2D eigenvalue weighted by atomic mass is 16.5. The van der Waals surface area contributed by atoms with E-state index in [2.05, 4.69) is 68.9 Å². The van der Waals surface area contributed by atoms with E-state index in [1.54, 1.807) is 0 Å². The smallest absolute Gasteiger partial charge is 0.305 e. The summed E-state index contributed by atoms with van der Waals surface area (Å²) in [5.74, 6) is -0.201. The van der Waals surface area contributed by atoms with Crippen molar-refractivity contribution in [3.05, 3.63) is 79.7 Å². The highest BCUT2D eigenvalue weighted by Crippen LogP contribution is 2.35. The standard InChI is InChI=1S/C31H36N4O2/c1-7-22-17(3)25-13-20-9-10-21(32-20)14-28-24(11-12-31(36)37-6)19(5)27(34-28)15-26-18(4)23(8-2)30(35-26)16-29(22)33-25/h9-10,13,15,32,35H,7-8,11-12,14,16H2,1-6H3/b25-13-,27-15-. The van der Waals surface area contributed by atoms with Gasteiger partial charge in [-0.05, 0) is 97.7 Å². The normalized spacial score (nSPS) is 19.9. The van der Waals surface area contributed by atoms with E-state index >= 15 is 0 Å². The summed E-state index contributed by atoms with van der Waals surface area (Å²) in [6, 6.07) is 4.23. The number of aromatic nitrogens is 2. The number of carbonyl (C=O) groups is 1. The Kier molecular flexibility index (Phi) is 6.76. The third-order valence-electron chi connectivity index (χ3n) is 7.95. The number of fused-ring (bicyclic) bond motifs is 6. The third kappa shape index (κ3) is 4.61. The van der Waals surface area contributed by atoms with E-state index in [4.69, 9.17) is 14.7 Å². The van der Waals surface area contributed by atoms with Crippen LogP contribution >= 0.6 is 0 Å². The van der Waals surface area contributed by atoms with E-state index in [1.165, 1.54) is 35.1 Å². The molecular weight excluding hydrogens is 460 g/mol. The summed E-state index contributed by atoms with van der Waals surface area (Å²) in [5.41, 5.74) is 16.1. The number of esters is 1. The van der Waals surface area contributed by atoms with Gasteiger partial charge in [-0.1, -0.05) is 13.8 Å². The fourth-order valence-electron chi connectivity index (χ4n) is 5.81. The van der Waals surface area contributed by atoms with Crippen LogP contribution in [-0.2, 0) is 28.8 Å². The van der Waals surface area contributed by atoms with Crippen LogP contribution in [0.5, 0.6) is 0 Å². The van der Waals surface area contributed by atoms with Gasteiger partial charge >= 0.3 is 5.97 Å². The summed E-state index contributed by atoms with van der Waals surface area (Å²) in [7, 11) is 1.44. The van der Waals surface area contributed by atoms with Gasteiger partial charge in [0.2, 0.25) is 0 Å². The second-order valence-electron chi connectivity index (χ2n) is 10.1. The topological polar surface area (TPSA) is 82.6 Å². The maximum atomic E-state index is 11.9. The predicted molar refractivity (Wildman–Crippen MR) is 151 cm³/mol. The van der Waals surface area contributed by atoms with Gasteiger partial charge in [-0.2, -0.15) is 0 Å². The molecule has 0 fully saturated rings.